The molecule has 0 aromatic heterocycles. The summed E-state index contributed by atoms with van der Waals surface area (Å²) in [5.74, 6) is 1.57. The molecule has 0 aliphatic heterocycles. The van der Waals surface area contributed by atoms with Crippen LogP contribution in [-0.2, 0) is 11.2 Å². The fraction of sp³-hybridized carbons (Fsp3) is 0.714. The number of methoxy groups -OCH3 is 1. The number of halogens is 1. The molecule has 1 aliphatic rings. The van der Waals surface area contributed by atoms with Gasteiger partial charge in [-0.15, -0.1) is 12.4 Å². The SMILES string of the molecule is COc1ccc(CC(C)(C)NCC(O)COCC2CCCCC2)cc1.Cl. The van der Waals surface area contributed by atoms with Gasteiger partial charge in [0.05, 0.1) is 19.8 Å². The third kappa shape index (κ3) is 8.72. The molecule has 150 valence electrons. The van der Waals surface area contributed by atoms with E-state index in [0.29, 0.717) is 19.1 Å². The van der Waals surface area contributed by atoms with Crippen LogP contribution in [0.1, 0.15) is 51.5 Å². The summed E-state index contributed by atoms with van der Waals surface area (Å²) in [5, 5.41) is 13.6. The maximum Gasteiger partial charge on any atom is 0.118 e. The number of rotatable bonds is 10. The lowest BCUT2D eigenvalue weighted by atomic mass is 9.90. The molecule has 1 unspecified atom stereocenters. The highest BCUT2D eigenvalue weighted by atomic mass is 35.5. The van der Waals surface area contributed by atoms with Crippen molar-refractivity contribution in [2.45, 2.75) is 64.0 Å². The second-order valence-corrected chi connectivity index (χ2v) is 7.98. The first-order chi connectivity index (χ1) is 12.0. The molecule has 5 heteroatoms. The van der Waals surface area contributed by atoms with Crippen LogP contribution in [0.3, 0.4) is 0 Å². The topological polar surface area (TPSA) is 50.7 Å². The van der Waals surface area contributed by atoms with E-state index in [1.165, 1.54) is 37.7 Å². The Morgan fingerprint density at radius 3 is 2.42 bits per heavy atom. The lowest BCUT2D eigenvalue weighted by molar-refractivity contribution is 0.0134. The third-order valence-corrected chi connectivity index (χ3v) is 5.01. The van der Waals surface area contributed by atoms with Crippen LogP contribution in [0.2, 0.25) is 0 Å². The lowest BCUT2D eigenvalue weighted by Gasteiger charge is -2.28. The molecule has 1 atom stereocenters. The van der Waals surface area contributed by atoms with Gasteiger partial charge >= 0.3 is 0 Å². The smallest absolute Gasteiger partial charge is 0.118 e. The van der Waals surface area contributed by atoms with Gasteiger partial charge in [0.25, 0.3) is 0 Å². The Morgan fingerprint density at radius 2 is 1.81 bits per heavy atom. The molecule has 1 fully saturated rings. The first-order valence-electron chi connectivity index (χ1n) is 9.62. The van der Waals surface area contributed by atoms with Gasteiger partial charge in [0.1, 0.15) is 5.75 Å². The molecule has 0 saturated heterocycles. The zero-order chi connectivity index (χ0) is 18.1. The van der Waals surface area contributed by atoms with Crippen LogP contribution in [-0.4, -0.2) is 43.6 Å². The van der Waals surface area contributed by atoms with Gasteiger partial charge in [0, 0.05) is 18.7 Å². The van der Waals surface area contributed by atoms with Crippen LogP contribution in [0.4, 0.5) is 0 Å². The normalized spacial score (nSPS) is 16.8. The first kappa shape index (κ1) is 23.2. The molecule has 0 bridgehead atoms. The van der Waals surface area contributed by atoms with Gasteiger partial charge < -0.3 is 19.9 Å². The second-order valence-electron chi connectivity index (χ2n) is 7.98. The van der Waals surface area contributed by atoms with Gasteiger partial charge in [-0.2, -0.15) is 0 Å². The summed E-state index contributed by atoms with van der Waals surface area (Å²) >= 11 is 0. The third-order valence-electron chi connectivity index (χ3n) is 5.01. The van der Waals surface area contributed by atoms with Crippen molar-refractivity contribution in [2.24, 2.45) is 5.92 Å². The van der Waals surface area contributed by atoms with E-state index in [-0.39, 0.29) is 17.9 Å². The lowest BCUT2D eigenvalue weighted by Crippen LogP contribution is -2.46. The standard InChI is InChI=1S/C21H35NO3.ClH/c1-21(2,13-17-9-11-20(24-3)12-10-17)22-14-19(23)16-25-15-18-7-5-4-6-8-18;/h9-12,18-19,22-23H,4-8,13-16H2,1-3H3;1H. The van der Waals surface area contributed by atoms with Crippen LogP contribution in [0.15, 0.2) is 24.3 Å². The average Bonchev–Trinajstić information content (AvgIpc) is 2.61. The maximum atomic E-state index is 10.2. The van der Waals surface area contributed by atoms with Crippen LogP contribution in [0.25, 0.3) is 0 Å². The number of hydrogen-bond acceptors (Lipinski definition) is 4. The molecule has 0 amide bonds. The molecule has 2 N–H and O–H groups in total. The second kappa shape index (κ2) is 11.8. The van der Waals surface area contributed by atoms with Crippen molar-refractivity contribution in [1.29, 1.82) is 0 Å². The van der Waals surface area contributed by atoms with E-state index in [1.807, 2.05) is 12.1 Å². The van der Waals surface area contributed by atoms with Gasteiger partial charge in [-0.1, -0.05) is 31.4 Å². The minimum Gasteiger partial charge on any atom is -0.497 e. The number of ether oxygens (including phenoxy) is 2. The molecule has 0 radical (unpaired) electrons. The van der Waals surface area contributed by atoms with Gasteiger partial charge in [0.15, 0.2) is 0 Å². The van der Waals surface area contributed by atoms with Crippen LogP contribution in [0, 0.1) is 5.92 Å². The quantitative estimate of drug-likeness (QED) is 0.639. The van der Waals surface area contributed by atoms with Crippen molar-refractivity contribution in [1.82, 2.24) is 5.32 Å². The number of hydrogen-bond donors (Lipinski definition) is 2. The molecule has 0 heterocycles. The van der Waals surface area contributed by atoms with E-state index < -0.39 is 6.10 Å². The molecular formula is C21H36ClNO3. The van der Waals surface area contributed by atoms with Crippen LogP contribution < -0.4 is 10.1 Å². The molecule has 4 nitrogen and oxygen atoms in total. The van der Waals surface area contributed by atoms with E-state index in [2.05, 4.69) is 31.3 Å². The Kier molecular flexibility index (Phi) is 10.6. The van der Waals surface area contributed by atoms with Gasteiger partial charge in [-0.3, -0.25) is 0 Å². The molecule has 2 rings (SSSR count). The summed E-state index contributed by atoms with van der Waals surface area (Å²) in [5.41, 5.74) is 1.17. The monoisotopic (exact) mass is 385 g/mol. The van der Waals surface area contributed by atoms with Crippen LogP contribution in [0.5, 0.6) is 5.75 Å². The van der Waals surface area contributed by atoms with E-state index >= 15 is 0 Å². The molecular weight excluding hydrogens is 350 g/mol. The zero-order valence-corrected chi connectivity index (χ0v) is 17.3. The number of nitrogens with one attached hydrogen (secondary N) is 1. The van der Waals surface area contributed by atoms with Crippen molar-refractivity contribution < 1.29 is 14.6 Å². The summed E-state index contributed by atoms with van der Waals surface area (Å²) in [4.78, 5) is 0. The molecule has 1 aromatic rings. The van der Waals surface area contributed by atoms with Crippen molar-refractivity contribution in [3.05, 3.63) is 29.8 Å². The molecule has 1 saturated carbocycles. The Bertz CT molecular complexity index is 487. The highest BCUT2D eigenvalue weighted by molar-refractivity contribution is 5.85. The molecule has 1 aromatic carbocycles. The fourth-order valence-corrected chi connectivity index (χ4v) is 3.49. The van der Waals surface area contributed by atoms with Gasteiger partial charge in [0.2, 0.25) is 0 Å². The minimum atomic E-state index is -0.460. The first-order valence-corrected chi connectivity index (χ1v) is 9.62. The predicted octanol–water partition coefficient (Wildman–Crippen LogP) is 3.99. The van der Waals surface area contributed by atoms with E-state index in [4.69, 9.17) is 9.47 Å². The maximum absolute atomic E-state index is 10.2. The number of β-amino-alcohol motifs (C(OH)–C–C–N with tert-alkyl or cyclic N) is 1. The highest BCUT2D eigenvalue weighted by Gasteiger charge is 2.20. The van der Waals surface area contributed by atoms with Crippen LogP contribution >= 0.6 is 12.4 Å². The summed E-state index contributed by atoms with van der Waals surface area (Å²) in [6, 6.07) is 8.15. The Labute approximate surface area is 165 Å². The largest absolute Gasteiger partial charge is 0.497 e. The van der Waals surface area contributed by atoms with Crippen molar-refractivity contribution >= 4 is 12.4 Å². The highest BCUT2D eigenvalue weighted by Crippen LogP contribution is 2.23. The Hall–Kier alpha value is -0.810. The van der Waals surface area contributed by atoms with Crippen molar-refractivity contribution in [3.8, 4) is 5.75 Å². The summed E-state index contributed by atoms with van der Waals surface area (Å²) < 4.78 is 10.9. The van der Waals surface area contributed by atoms with Crippen molar-refractivity contribution in [3.63, 3.8) is 0 Å². The van der Waals surface area contributed by atoms with E-state index in [1.54, 1.807) is 7.11 Å². The average molecular weight is 386 g/mol. The number of aliphatic hydroxyl groups excluding tert-OH is 1. The molecule has 0 spiro atoms. The van der Waals surface area contributed by atoms with E-state index in [9.17, 15) is 5.11 Å². The summed E-state index contributed by atoms with van der Waals surface area (Å²) in [7, 11) is 1.68. The summed E-state index contributed by atoms with van der Waals surface area (Å²) in [6.45, 7) is 6.09. The predicted molar refractivity (Wildman–Crippen MR) is 109 cm³/mol. The van der Waals surface area contributed by atoms with Crippen molar-refractivity contribution in [2.75, 3.05) is 26.9 Å². The Balaban J connectivity index is 0.00000338. The van der Waals surface area contributed by atoms with Gasteiger partial charge in [-0.05, 0) is 56.7 Å². The van der Waals surface area contributed by atoms with E-state index in [0.717, 1.165) is 18.8 Å². The molecule has 26 heavy (non-hydrogen) atoms. The number of aliphatic hydroxyl groups is 1. The fourth-order valence-electron chi connectivity index (χ4n) is 3.49. The number of benzene rings is 1. The zero-order valence-electron chi connectivity index (χ0n) is 16.5. The summed E-state index contributed by atoms with van der Waals surface area (Å²) in [6.07, 6.45) is 7.03. The molecule has 1 aliphatic carbocycles. The minimum absolute atomic E-state index is 0. The Morgan fingerprint density at radius 1 is 1.15 bits per heavy atom. The van der Waals surface area contributed by atoms with Gasteiger partial charge in [-0.25, -0.2) is 0 Å².